The molecule has 0 radical (unpaired) electrons. The van der Waals surface area contributed by atoms with E-state index in [9.17, 15) is 0 Å². The Balaban J connectivity index is 2.29. The van der Waals surface area contributed by atoms with E-state index in [0.717, 1.165) is 17.0 Å². The van der Waals surface area contributed by atoms with Crippen LogP contribution < -0.4 is 0 Å². The van der Waals surface area contributed by atoms with Crippen molar-refractivity contribution in [2.75, 3.05) is 0 Å². The van der Waals surface area contributed by atoms with Gasteiger partial charge in [0.1, 0.15) is 0 Å². The Hall–Kier alpha value is -2.67. The molecule has 0 saturated heterocycles. The van der Waals surface area contributed by atoms with Gasteiger partial charge in [-0.2, -0.15) is 5.26 Å². The predicted octanol–water partition coefficient (Wildman–Crippen LogP) is 2.46. The Bertz CT molecular complexity index is 722. The standard InChI is InChI=1S/C14H10N4/c15-8-7-12-13(11-5-2-1-3-6-11)17-14-16-9-4-10-18(12)14/h1-6,9-10H,7H2. The molecule has 3 rings (SSSR count). The number of fused-ring (bicyclic) bond motifs is 1. The molecule has 18 heavy (non-hydrogen) atoms. The van der Waals surface area contributed by atoms with Crippen LogP contribution in [-0.4, -0.2) is 14.4 Å². The molecule has 4 nitrogen and oxygen atoms in total. The zero-order valence-electron chi connectivity index (χ0n) is 9.61. The Morgan fingerprint density at radius 3 is 2.78 bits per heavy atom. The third kappa shape index (κ3) is 1.62. The molecule has 1 aromatic carbocycles. The number of benzene rings is 1. The normalized spacial score (nSPS) is 10.4. The summed E-state index contributed by atoms with van der Waals surface area (Å²) in [4.78, 5) is 8.71. The fourth-order valence-corrected chi connectivity index (χ4v) is 2.01. The Kier molecular flexibility index (Phi) is 2.50. The average molecular weight is 234 g/mol. The van der Waals surface area contributed by atoms with Crippen LogP contribution in [0.5, 0.6) is 0 Å². The maximum atomic E-state index is 8.96. The number of rotatable bonds is 2. The van der Waals surface area contributed by atoms with Gasteiger partial charge in [-0.1, -0.05) is 30.3 Å². The van der Waals surface area contributed by atoms with Gasteiger partial charge in [-0.05, 0) is 6.07 Å². The Morgan fingerprint density at radius 1 is 1.17 bits per heavy atom. The molecule has 86 valence electrons. The largest absolute Gasteiger partial charge is 0.286 e. The SMILES string of the molecule is N#CCc1c(-c2ccccc2)nc2ncccn12. The summed E-state index contributed by atoms with van der Waals surface area (Å²) in [5.74, 6) is 0.626. The lowest BCUT2D eigenvalue weighted by Crippen LogP contribution is -1.93. The monoisotopic (exact) mass is 234 g/mol. The van der Waals surface area contributed by atoms with E-state index in [2.05, 4.69) is 16.0 Å². The minimum Gasteiger partial charge on any atom is -0.286 e. The number of hydrogen-bond acceptors (Lipinski definition) is 3. The van der Waals surface area contributed by atoms with Crippen molar-refractivity contribution in [3.63, 3.8) is 0 Å². The number of nitriles is 1. The minimum absolute atomic E-state index is 0.317. The molecule has 0 fully saturated rings. The maximum absolute atomic E-state index is 8.96. The first-order valence-electron chi connectivity index (χ1n) is 5.64. The van der Waals surface area contributed by atoms with Gasteiger partial charge in [0, 0.05) is 18.0 Å². The molecule has 0 aliphatic carbocycles. The highest BCUT2D eigenvalue weighted by atomic mass is 15.1. The van der Waals surface area contributed by atoms with Crippen LogP contribution in [0.2, 0.25) is 0 Å². The summed E-state index contributed by atoms with van der Waals surface area (Å²) in [6.45, 7) is 0. The van der Waals surface area contributed by atoms with Crippen LogP contribution in [0.1, 0.15) is 5.69 Å². The number of aromatic nitrogens is 3. The van der Waals surface area contributed by atoms with Crippen molar-refractivity contribution >= 4 is 5.78 Å². The van der Waals surface area contributed by atoms with Gasteiger partial charge in [-0.15, -0.1) is 0 Å². The lowest BCUT2D eigenvalue weighted by Gasteiger charge is -2.00. The van der Waals surface area contributed by atoms with Crippen molar-refractivity contribution in [3.8, 4) is 17.3 Å². The molecule has 0 bridgehead atoms. The molecule has 2 aromatic heterocycles. The molecule has 0 unspecified atom stereocenters. The zero-order chi connectivity index (χ0) is 12.4. The molecule has 0 saturated carbocycles. The van der Waals surface area contributed by atoms with Crippen LogP contribution in [0.4, 0.5) is 0 Å². The van der Waals surface area contributed by atoms with Gasteiger partial charge in [0.05, 0.1) is 23.9 Å². The van der Waals surface area contributed by atoms with Crippen LogP contribution >= 0.6 is 0 Å². The predicted molar refractivity (Wildman–Crippen MR) is 67.7 cm³/mol. The van der Waals surface area contributed by atoms with Gasteiger partial charge in [-0.3, -0.25) is 4.40 Å². The topological polar surface area (TPSA) is 54.0 Å². The van der Waals surface area contributed by atoms with E-state index in [-0.39, 0.29) is 0 Å². The van der Waals surface area contributed by atoms with Crippen LogP contribution in [0.3, 0.4) is 0 Å². The van der Waals surface area contributed by atoms with Crippen molar-refractivity contribution < 1.29 is 0 Å². The summed E-state index contributed by atoms with van der Waals surface area (Å²) in [7, 11) is 0. The van der Waals surface area contributed by atoms with Gasteiger partial charge in [0.25, 0.3) is 0 Å². The fraction of sp³-hybridized carbons (Fsp3) is 0.0714. The molecule has 0 atom stereocenters. The second-order valence-corrected chi connectivity index (χ2v) is 3.90. The highest BCUT2D eigenvalue weighted by molar-refractivity contribution is 5.65. The van der Waals surface area contributed by atoms with Gasteiger partial charge in [-0.25, -0.2) is 9.97 Å². The molecular weight excluding hydrogens is 224 g/mol. The summed E-state index contributed by atoms with van der Waals surface area (Å²) >= 11 is 0. The van der Waals surface area contributed by atoms with E-state index < -0.39 is 0 Å². The van der Waals surface area contributed by atoms with E-state index in [4.69, 9.17) is 5.26 Å². The Labute approximate surface area is 104 Å². The van der Waals surface area contributed by atoms with Crippen LogP contribution in [-0.2, 0) is 6.42 Å². The minimum atomic E-state index is 0.317. The van der Waals surface area contributed by atoms with Crippen LogP contribution in [0.15, 0.2) is 48.8 Å². The third-order valence-corrected chi connectivity index (χ3v) is 2.80. The molecule has 0 amide bonds. The van der Waals surface area contributed by atoms with Crippen molar-refractivity contribution in [2.45, 2.75) is 6.42 Å². The summed E-state index contributed by atoms with van der Waals surface area (Å²) in [5.41, 5.74) is 2.72. The summed E-state index contributed by atoms with van der Waals surface area (Å²) in [5, 5.41) is 8.96. The molecule has 4 heteroatoms. The molecule has 2 heterocycles. The average Bonchev–Trinajstić information content (AvgIpc) is 2.80. The lowest BCUT2D eigenvalue weighted by molar-refractivity contribution is 1.03. The van der Waals surface area contributed by atoms with Gasteiger partial charge >= 0.3 is 0 Å². The summed E-state index contributed by atoms with van der Waals surface area (Å²) in [6.07, 6.45) is 3.90. The highest BCUT2D eigenvalue weighted by Crippen LogP contribution is 2.23. The van der Waals surface area contributed by atoms with Gasteiger partial charge < -0.3 is 0 Å². The number of nitrogens with zero attached hydrogens (tertiary/aromatic N) is 4. The second kappa shape index (κ2) is 4.30. The number of hydrogen-bond donors (Lipinski definition) is 0. The fourth-order valence-electron chi connectivity index (χ4n) is 2.01. The first kappa shape index (κ1) is 10.5. The number of imidazole rings is 1. The van der Waals surface area contributed by atoms with Crippen molar-refractivity contribution in [2.24, 2.45) is 0 Å². The van der Waals surface area contributed by atoms with Gasteiger partial charge in [0.2, 0.25) is 5.78 Å². The smallest absolute Gasteiger partial charge is 0.234 e. The first-order valence-corrected chi connectivity index (χ1v) is 5.64. The van der Waals surface area contributed by atoms with E-state index in [1.807, 2.05) is 47.0 Å². The zero-order valence-corrected chi connectivity index (χ0v) is 9.61. The van der Waals surface area contributed by atoms with E-state index >= 15 is 0 Å². The molecule has 0 aliphatic heterocycles. The quantitative estimate of drug-likeness (QED) is 0.684. The van der Waals surface area contributed by atoms with Crippen molar-refractivity contribution in [3.05, 3.63) is 54.5 Å². The lowest BCUT2D eigenvalue weighted by atomic mass is 10.1. The Morgan fingerprint density at radius 2 is 2.00 bits per heavy atom. The molecule has 0 N–H and O–H groups in total. The maximum Gasteiger partial charge on any atom is 0.234 e. The highest BCUT2D eigenvalue weighted by Gasteiger charge is 2.13. The van der Waals surface area contributed by atoms with E-state index in [1.165, 1.54) is 0 Å². The molecule has 0 aliphatic rings. The van der Waals surface area contributed by atoms with Crippen molar-refractivity contribution in [1.82, 2.24) is 14.4 Å². The van der Waals surface area contributed by atoms with Crippen molar-refractivity contribution in [1.29, 1.82) is 5.26 Å². The van der Waals surface area contributed by atoms with Gasteiger partial charge in [0.15, 0.2) is 0 Å². The van der Waals surface area contributed by atoms with E-state index in [1.54, 1.807) is 6.20 Å². The summed E-state index contributed by atoms with van der Waals surface area (Å²) in [6, 6.07) is 13.9. The molecule has 3 aromatic rings. The first-order chi connectivity index (χ1) is 8.90. The molecule has 0 spiro atoms. The molecular formula is C14H10N4. The second-order valence-electron chi connectivity index (χ2n) is 3.90. The van der Waals surface area contributed by atoms with Crippen LogP contribution in [0, 0.1) is 11.3 Å². The summed E-state index contributed by atoms with van der Waals surface area (Å²) < 4.78 is 1.87. The van der Waals surface area contributed by atoms with E-state index in [0.29, 0.717) is 12.2 Å². The van der Waals surface area contributed by atoms with Crippen LogP contribution in [0.25, 0.3) is 17.0 Å². The third-order valence-electron chi connectivity index (χ3n) is 2.80.